The maximum Gasteiger partial charge on any atom is 0.293 e. The molecule has 0 unspecified atom stereocenters. The Labute approximate surface area is 173 Å². The first kappa shape index (κ1) is 20.7. The first-order valence-electron chi connectivity index (χ1n) is 9.27. The van der Waals surface area contributed by atoms with E-state index in [1.165, 1.54) is 4.90 Å². The topological polar surface area (TPSA) is 75.7 Å². The molecule has 0 aromatic heterocycles. The van der Waals surface area contributed by atoms with Gasteiger partial charge in [-0.3, -0.25) is 19.3 Å². The molecule has 2 aromatic carbocycles. The van der Waals surface area contributed by atoms with Crippen LogP contribution in [0.1, 0.15) is 17.5 Å². The zero-order valence-electron chi connectivity index (χ0n) is 16.1. The van der Waals surface area contributed by atoms with Gasteiger partial charge in [0.15, 0.2) is 0 Å². The van der Waals surface area contributed by atoms with Gasteiger partial charge in [0, 0.05) is 19.5 Å². The van der Waals surface area contributed by atoms with Crippen molar-refractivity contribution < 1.29 is 19.1 Å². The molecular weight excluding hydrogens is 388 g/mol. The molecule has 1 heterocycles. The molecule has 3 amide bonds. The van der Waals surface area contributed by atoms with Gasteiger partial charge in [-0.25, -0.2) is 0 Å². The number of rotatable bonds is 8. The smallest absolute Gasteiger partial charge is 0.293 e. The zero-order valence-corrected chi connectivity index (χ0v) is 16.9. The minimum Gasteiger partial charge on any atom is -0.496 e. The fraction of sp³-hybridized carbons (Fsp3) is 0.227. The van der Waals surface area contributed by atoms with E-state index in [1.54, 1.807) is 13.2 Å². The minimum atomic E-state index is -0.327. The van der Waals surface area contributed by atoms with E-state index in [0.717, 1.165) is 28.6 Å². The Balaban J connectivity index is 1.47. The summed E-state index contributed by atoms with van der Waals surface area (Å²) in [5.41, 5.74) is 1.82. The van der Waals surface area contributed by atoms with Crippen LogP contribution >= 0.6 is 11.8 Å². The fourth-order valence-corrected chi connectivity index (χ4v) is 3.81. The standard InChI is InChI=1S/C22H22N2O4S/c1-28-18-10-6-5-9-17(18)11-12-20(25)23-13-14-24-21(26)19(29-22(24)27)15-16-7-3-2-4-8-16/h2-10,15H,11-14H2,1H3,(H,23,25). The third-order valence-electron chi connectivity index (χ3n) is 4.44. The molecule has 1 aliphatic rings. The molecule has 1 fully saturated rings. The van der Waals surface area contributed by atoms with E-state index in [-0.39, 0.29) is 30.1 Å². The van der Waals surface area contributed by atoms with Gasteiger partial charge in [0.05, 0.1) is 12.0 Å². The van der Waals surface area contributed by atoms with Crippen molar-refractivity contribution in [2.24, 2.45) is 0 Å². The average molecular weight is 410 g/mol. The highest BCUT2D eigenvalue weighted by molar-refractivity contribution is 8.18. The lowest BCUT2D eigenvalue weighted by molar-refractivity contribution is -0.124. The summed E-state index contributed by atoms with van der Waals surface area (Å²) >= 11 is 0.919. The van der Waals surface area contributed by atoms with Gasteiger partial charge in [-0.1, -0.05) is 48.5 Å². The maximum atomic E-state index is 12.5. The van der Waals surface area contributed by atoms with Crippen LogP contribution in [0, 0.1) is 0 Å². The van der Waals surface area contributed by atoms with Crippen LogP contribution in [0.15, 0.2) is 59.5 Å². The number of ether oxygens (including phenoxy) is 1. The number of hydrogen-bond donors (Lipinski definition) is 1. The van der Waals surface area contributed by atoms with Crippen LogP contribution in [0.4, 0.5) is 4.79 Å². The summed E-state index contributed by atoms with van der Waals surface area (Å²) < 4.78 is 5.28. The Bertz CT molecular complexity index is 927. The van der Waals surface area contributed by atoms with Crippen LogP contribution < -0.4 is 10.1 Å². The molecule has 1 saturated heterocycles. The summed E-state index contributed by atoms with van der Waals surface area (Å²) in [6.45, 7) is 0.374. The molecule has 29 heavy (non-hydrogen) atoms. The molecule has 0 radical (unpaired) electrons. The number of nitrogens with zero attached hydrogens (tertiary/aromatic N) is 1. The van der Waals surface area contributed by atoms with Crippen LogP contribution in [0.25, 0.3) is 6.08 Å². The number of benzene rings is 2. The predicted octanol–water partition coefficient (Wildman–Crippen LogP) is 3.48. The van der Waals surface area contributed by atoms with Crippen LogP contribution in [0.3, 0.4) is 0 Å². The Morgan fingerprint density at radius 1 is 1.10 bits per heavy atom. The quantitative estimate of drug-likeness (QED) is 0.675. The Kier molecular flexibility index (Phi) is 7.08. The molecule has 3 rings (SSSR count). The third kappa shape index (κ3) is 5.48. The largest absolute Gasteiger partial charge is 0.496 e. The molecule has 150 valence electrons. The summed E-state index contributed by atoms with van der Waals surface area (Å²) in [4.78, 5) is 38.3. The van der Waals surface area contributed by atoms with E-state index in [4.69, 9.17) is 4.74 Å². The van der Waals surface area contributed by atoms with Crippen LogP contribution in [-0.4, -0.2) is 42.2 Å². The molecule has 0 spiro atoms. The molecule has 1 N–H and O–H groups in total. The highest BCUT2D eigenvalue weighted by Crippen LogP contribution is 2.31. The van der Waals surface area contributed by atoms with Crippen molar-refractivity contribution in [3.8, 4) is 5.75 Å². The lowest BCUT2D eigenvalue weighted by Gasteiger charge is -2.13. The molecule has 7 heteroatoms. The Morgan fingerprint density at radius 2 is 1.83 bits per heavy atom. The number of carbonyl (C=O) groups is 3. The summed E-state index contributed by atoms with van der Waals surface area (Å²) in [6, 6.07) is 16.9. The average Bonchev–Trinajstić information content (AvgIpc) is 3.00. The van der Waals surface area contributed by atoms with Crippen molar-refractivity contribution in [3.05, 3.63) is 70.6 Å². The first-order valence-corrected chi connectivity index (χ1v) is 10.1. The molecule has 1 aliphatic heterocycles. The summed E-state index contributed by atoms with van der Waals surface area (Å²) in [7, 11) is 1.60. The Morgan fingerprint density at radius 3 is 2.59 bits per heavy atom. The van der Waals surface area contributed by atoms with Gasteiger partial charge in [0.1, 0.15) is 5.75 Å². The lowest BCUT2D eigenvalue weighted by Crippen LogP contribution is -2.37. The highest BCUT2D eigenvalue weighted by Gasteiger charge is 2.34. The Hall–Kier alpha value is -3.06. The molecule has 0 bridgehead atoms. The highest BCUT2D eigenvalue weighted by atomic mass is 32.2. The molecule has 0 saturated carbocycles. The second-order valence-corrected chi connectivity index (χ2v) is 7.40. The van der Waals surface area contributed by atoms with Gasteiger partial charge in [0.2, 0.25) is 5.91 Å². The van der Waals surface area contributed by atoms with Crippen LogP contribution in [0.2, 0.25) is 0 Å². The second kappa shape index (κ2) is 9.93. The minimum absolute atomic E-state index is 0.136. The molecule has 6 nitrogen and oxygen atoms in total. The molecule has 0 atom stereocenters. The number of methoxy groups -OCH3 is 1. The zero-order chi connectivity index (χ0) is 20.6. The normalized spacial score (nSPS) is 15.1. The van der Waals surface area contributed by atoms with E-state index >= 15 is 0 Å². The van der Waals surface area contributed by atoms with Gasteiger partial charge in [-0.2, -0.15) is 0 Å². The van der Waals surface area contributed by atoms with E-state index in [2.05, 4.69) is 5.32 Å². The number of nitrogens with one attached hydrogen (secondary N) is 1. The van der Waals surface area contributed by atoms with Crippen molar-refractivity contribution in [2.45, 2.75) is 12.8 Å². The summed E-state index contributed by atoms with van der Waals surface area (Å²) in [6.07, 6.45) is 2.56. The number of hydrogen-bond acceptors (Lipinski definition) is 5. The van der Waals surface area contributed by atoms with Gasteiger partial charge >= 0.3 is 0 Å². The van der Waals surface area contributed by atoms with Crippen molar-refractivity contribution in [2.75, 3.05) is 20.2 Å². The molecular formula is C22H22N2O4S. The molecule has 0 aliphatic carbocycles. The monoisotopic (exact) mass is 410 g/mol. The van der Waals surface area contributed by atoms with E-state index in [9.17, 15) is 14.4 Å². The number of carbonyl (C=O) groups excluding carboxylic acids is 3. The summed E-state index contributed by atoms with van der Waals surface area (Å²) in [5.74, 6) is 0.290. The van der Waals surface area contributed by atoms with Crippen LogP contribution in [-0.2, 0) is 16.0 Å². The number of aryl methyl sites for hydroxylation is 1. The van der Waals surface area contributed by atoms with Crippen molar-refractivity contribution >= 4 is 34.9 Å². The summed E-state index contributed by atoms with van der Waals surface area (Å²) in [5, 5.41) is 2.45. The number of amides is 3. The van der Waals surface area contributed by atoms with Crippen molar-refractivity contribution in [3.63, 3.8) is 0 Å². The van der Waals surface area contributed by atoms with Crippen LogP contribution in [0.5, 0.6) is 5.75 Å². The number of thioether (sulfide) groups is 1. The second-order valence-electron chi connectivity index (χ2n) is 6.41. The van der Waals surface area contributed by atoms with E-state index in [0.29, 0.717) is 17.7 Å². The van der Waals surface area contributed by atoms with Crippen molar-refractivity contribution in [1.82, 2.24) is 10.2 Å². The third-order valence-corrected chi connectivity index (χ3v) is 5.35. The van der Waals surface area contributed by atoms with Crippen molar-refractivity contribution in [1.29, 1.82) is 0 Å². The predicted molar refractivity (Wildman–Crippen MR) is 113 cm³/mol. The first-order chi connectivity index (χ1) is 14.1. The number of para-hydroxylation sites is 1. The molecule has 2 aromatic rings. The van der Waals surface area contributed by atoms with E-state index < -0.39 is 0 Å². The van der Waals surface area contributed by atoms with Gasteiger partial charge in [-0.05, 0) is 41.5 Å². The number of imide groups is 1. The SMILES string of the molecule is COc1ccccc1CCC(=O)NCCN1C(=O)SC(=Cc2ccccc2)C1=O. The van der Waals surface area contributed by atoms with Gasteiger partial charge in [-0.15, -0.1) is 0 Å². The fourth-order valence-electron chi connectivity index (χ4n) is 2.95. The maximum absolute atomic E-state index is 12.5. The lowest BCUT2D eigenvalue weighted by atomic mass is 10.1. The van der Waals surface area contributed by atoms with Gasteiger partial charge in [0.25, 0.3) is 11.1 Å². The van der Waals surface area contributed by atoms with E-state index in [1.807, 2.05) is 54.6 Å². The van der Waals surface area contributed by atoms with Gasteiger partial charge < -0.3 is 10.1 Å².